The van der Waals surface area contributed by atoms with Crippen LogP contribution in [0.25, 0.3) is 0 Å². The first kappa shape index (κ1) is 14.3. The third-order valence-corrected chi connectivity index (χ3v) is 3.69. The molecule has 0 aromatic heterocycles. The van der Waals surface area contributed by atoms with Crippen LogP contribution in [-0.2, 0) is 4.74 Å². The normalized spacial score (nSPS) is 12.6. The quantitative estimate of drug-likeness (QED) is 0.766. The number of ether oxygens (including phenoxy) is 1. The summed E-state index contributed by atoms with van der Waals surface area (Å²) in [5.74, 6) is 1.37. The van der Waals surface area contributed by atoms with Gasteiger partial charge in [0.05, 0.1) is 6.61 Å². The van der Waals surface area contributed by atoms with Crippen molar-refractivity contribution in [2.24, 2.45) is 28.9 Å². The predicted molar refractivity (Wildman–Crippen MR) is 62.5 cm³/mol. The smallest absolute Gasteiger partial charge is 0.404 e. The highest BCUT2D eigenvalue weighted by Crippen LogP contribution is 2.43. The Balaban J connectivity index is 4.88. The van der Waals surface area contributed by atoms with E-state index in [0.717, 1.165) is 0 Å². The summed E-state index contributed by atoms with van der Waals surface area (Å²) in [7, 11) is 0. The Morgan fingerprint density at radius 1 is 1.07 bits per heavy atom. The second kappa shape index (κ2) is 5.38. The van der Waals surface area contributed by atoms with Gasteiger partial charge < -0.3 is 10.5 Å². The van der Waals surface area contributed by atoms with E-state index in [2.05, 4.69) is 41.5 Å². The van der Waals surface area contributed by atoms with E-state index >= 15 is 0 Å². The van der Waals surface area contributed by atoms with Gasteiger partial charge in [-0.3, -0.25) is 0 Å². The molecule has 90 valence electrons. The summed E-state index contributed by atoms with van der Waals surface area (Å²) in [4.78, 5) is 10.7. The van der Waals surface area contributed by atoms with Gasteiger partial charge in [-0.2, -0.15) is 0 Å². The lowest BCUT2D eigenvalue weighted by Gasteiger charge is -2.44. The molecule has 0 fully saturated rings. The van der Waals surface area contributed by atoms with E-state index in [0.29, 0.717) is 24.4 Å². The maximum absolute atomic E-state index is 10.7. The van der Waals surface area contributed by atoms with Crippen LogP contribution in [0.5, 0.6) is 0 Å². The summed E-state index contributed by atoms with van der Waals surface area (Å²) in [5, 5.41) is 0. The molecule has 2 N–H and O–H groups in total. The minimum Gasteiger partial charge on any atom is -0.449 e. The molecule has 15 heavy (non-hydrogen) atoms. The average molecular weight is 215 g/mol. The van der Waals surface area contributed by atoms with Gasteiger partial charge in [0.1, 0.15) is 0 Å². The Kier molecular flexibility index (Phi) is 5.12. The lowest BCUT2D eigenvalue weighted by molar-refractivity contribution is -0.0199. The van der Waals surface area contributed by atoms with Crippen molar-refractivity contribution in [1.29, 1.82) is 0 Å². The standard InChI is InChI=1S/C12H25NO2/c1-8(2)12(9(3)4,10(5)6)7-15-11(13)14/h8-10H,7H2,1-6H3,(H2,13,14). The molecule has 0 aliphatic rings. The summed E-state index contributed by atoms with van der Waals surface area (Å²) in [6.45, 7) is 13.4. The summed E-state index contributed by atoms with van der Waals surface area (Å²) in [6.07, 6.45) is -0.679. The number of hydrogen-bond donors (Lipinski definition) is 1. The fraction of sp³-hybridized carbons (Fsp3) is 0.917. The SMILES string of the molecule is CC(C)C(COC(N)=O)(C(C)C)C(C)C. The first-order valence-electron chi connectivity index (χ1n) is 5.67. The molecule has 0 spiro atoms. The molecule has 0 saturated heterocycles. The molecule has 0 aliphatic carbocycles. The first-order valence-corrected chi connectivity index (χ1v) is 5.67. The van der Waals surface area contributed by atoms with Gasteiger partial charge in [-0.15, -0.1) is 0 Å². The molecule has 0 aromatic rings. The van der Waals surface area contributed by atoms with E-state index in [9.17, 15) is 4.79 Å². The predicted octanol–water partition coefficient (Wildman–Crippen LogP) is 3.04. The van der Waals surface area contributed by atoms with E-state index in [1.807, 2.05) is 0 Å². The highest BCUT2D eigenvalue weighted by atomic mass is 16.5. The summed E-state index contributed by atoms with van der Waals surface area (Å²) in [5.41, 5.74) is 5.05. The summed E-state index contributed by atoms with van der Waals surface area (Å²) >= 11 is 0. The van der Waals surface area contributed by atoms with Crippen LogP contribution in [0.2, 0.25) is 0 Å². The van der Waals surface area contributed by atoms with Crippen LogP contribution >= 0.6 is 0 Å². The topological polar surface area (TPSA) is 52.3 Å². The van der Waals surface area contributed by atoms with Crippen molar-refractivity contribution >= 4 is 6.09 Å². The molecule has 3 nitrogen and oxygen atoms in total. The van der Waals surface area contributed by atoms with Crippen LogP contribution in [0.15, 0.2) is 0 Å². The second-order valence-corrected chi connectivity index (χ2v) is 5.18. The van der Waals surface area contributed by atoms with Crippen LogP contribution in [0.4, 0.5) is 4.79 Å². The largest absolute Gasteiger partial charge is 0.449 e. The van der Waals surface area contributed by atoms with Gasteiger partial charge in [0, 0.05) is 5.41 Å². The molecule has 0 radical (unpaired) electrons. The number of amides is 1. The molecule has 3 heteroatoms. The molecule has 1 amide bonds. The lowest BCUT2D eigenvalue weighted by atomic mass is 9.63. The fourth-order valence-corrected chi connectivity index (χ4v) is 2.70. The monoisotopic (exact) mass is 215 g/mol. The minimum absolute atomic E-state index is 0.00896. The van der Waals surface area contributed by atoms with E-state index < -0.39 is 6.09 Å². The van der Waals surface area contributed by atoms with Gasteiger partial charge in [0.2, 0.25) is 0 Å². The third-order valence-electron chi connectivity index (χ3n) is 3.69. The Morgan fingerprint density at radius 2 is 1.40 bits per heavy atom. The maximum atomic E-state index is 10.7. The number of rotatable bonds is 5. The van der Waals surface area contributed by atoms with Crippen LogP contribution < -0.4 is 5.73 Å². The van der Waals surface area contributed by atoms with Crippen LogP contribution in [0, 0.1) is 23.2 Å². The van der Waals surface area contributed by atoms with Crippen molar-refractivity contribution in [2.75, 3.05) is 6.61 Å². The van der Waals surface area contributed by atoms with Crippen molar-refractivity contribution in [3.05, 3.63) is 0 Å². The van der Waals surface area contributed by atoms with Crippen molar-refractivity contribution in [1.82, 2.24) is 0 Å². The van der Waals surface area contributed by atoms with E-state index in [1.165, 1.54) is 0 Å². The van der Waals surface area contributed by atoms with Gasteiger partial charge in [0.15, 0.2) is 0 Å². The molecular weight excluding hydrogens is 190 g/mol. The number of primary amides is 1. The average Bonchev–Trinajstić information content (AvgIpc) is 2.02. The van der Waals surface area contributed by atoms with Crippen LogP contribution in [0.1, 0.15) is 41.5 Å². The third kappa shape index (κ3) is 3.11. The number of hydrogen-bond acceptors (Lipinski definition) is 2. The zero-order valence-electron chi connectivity index (χ0n) is 10.8. The molecule has 0 rings (SSSR count). The molecule has 0 atom stereocenters. The van der Waals surface area contributed by atoms with Gasteiger partial charge in [-0.05, 0) is 17.8 Å². The van der Waals surface area contributed by atoms with Gasteiger partial charge in [-0.25, -0.2) is 4.79 Å². The Hall–Kier alpha value is -0.730. The van der Waals surface area contributed by atoms with Crippen LogP contribution in [-0.4, -0.2) is 12.7 Å². The zero-order valence-corrected chi connectivity index (χ0v) is 10.8. The Bertz CT molecular complexity index is 188. The van der Waals surface area contributed by atoms with Gasteiger partial charge in [-0.1, -0.05) is 41.5 Å². The minimum atomic E-state index is -0.679. The Morgan fingerprint density at radius 3 is 1.60 bits per heavy atom. The molecule has 0 unspecified atom stereocenters. The van der Waals surface area contributed by atoms with Crippen molar-refractivity contribution in [3.8, 4) is 0 Å². The lowest BCUT2D eigenvalue weighted by Crippen LogP contribution is -2.43. The summed E-state index contributed by atoms with van der Waals surface area (Å²) in [6, 6.07) is 0. The molecule has 0 bridgehead atoms. The highest BCUT2D eigenvalue weighted by Gasteiger charge is 2.41. The van der Waals surface area contributed by atoms with Crippen molar-refractivity contribution < 1.29 is 9.53 Å². The van der Waals surface area contributed by atoms with Gasteiger partial charge in [0.25, 0.3) is 0 Å². The number of carbonyl (C=O) groups excluding carboxylic acids is 1. The maximum Gasteiger partial charge on any atom is 0.404 e. The van der Waals surface area contributed by atoms with E-state index in [-0.39, 0.29) is 5.41 Å². The fourth-order valence-electron chi connectivity index (χ4n) is 2.70. The Labute approximate surface area is 93.4 Å². The summed E-state index contributed by atoms with van der Waals surface area (Å²) < 4.78 is 5.03. The first-order chi connectivity index (χ1) is 6.75. The molecule has 0 heterocycles. The van der Waals surface area contributed by atoms with Crippen molar-refractivity contribution in [2.45, 2.75) is 41.5 Å². The number of carbonyl (C=O) groups is 1. The van der Waals surface area contributed by atoms with E-state index in [1.54, 1.807) is 0 Å². The molecule has 0 aromatic carbocycles. The van der Waals surface area contributed by atoms with Crippen LogP contribution in [0.3, 0.4) is 0 Å². The highest BCUT2D eigenvalue weighted by molar-refractivity contribution is 5.64. The van der Waals surface area contributed by atoms with E-state index in [4.69, 9.17) is 10.5 Å². The van der Waals surface area contributed by atoms with Crippen molar-refractivity contribution in [3.63, 3.8) is 0 Å². The number of nitrogens with two attached hydrogens (primary N) is 1. The second-order valence-electron chi connectivity index (χ2n) is 5.18. The molecular formula is C12H25NO2. The molecule has 0 saturated carbocycles. The molecule has 0 aliphatic heterocycles. The van der Waals surface area contributed by atoms with Gasteiger partial charge >= 0.3 is 6.09 Å². The zero-order chi connectivity index (χ0) is 12.2.